The van der Waals surface area contributed by atoms with E-state index >= 15 is 0 Å². The third kappa shape index (κ3) is 30.6. The molecule has 17 nitrogen and oxygen atoms in total. The van der Waals surface area contributed by atoms with E-state index in [2.05, 4.69) is 49.5 Å². The first kappa shape index (κ1) is 48.9. The van der Waals surface area contributed by atoms with E-state index in [1.807, 2.05) is 0 Å². The van der Waals surface area contributed by atoms with Gasteiger partial charge in [-0.15, -0.1) is 0 Å². The number of Topliss-reactive ketones (excluding diaryl/α,β-unsaturated/α-hetero) is 2. The normalized spacial score (nSPS) is 12.2. The summed E-state index contributed by atoms with van der Waals surface area (Å²) in [6.45, 7) is 9.97. The van der Waals surface area contributed by atoms with Gasteiger partial charge < -0.3 is 58.7 Å². The number of ketones is 2. The van der Waals surface area contributed by atoms with Crippen LogP contribution >= 0.6 is 0 Å². The maximum Gasteiger partial charge on any atom is 0.224 e. The molecule has 2 unspecified atom stereocenters. The van der Waals surface area contributed by atoms with Crippen molar-refractivity contribution in [3.05, 3.63) is 0 Å². The molecule has 0 heterocycles. The van der Waals surface area contributed by atoms with Crippen LogP contribution in [0.4, 0.5) is 0 Å². The SMILES string of the molecule is CCCCCCNC(=O)C(CC(=O)NCCNCCNCCN)CC(=O)C(N)CC(=O)NCCNCCNCCNC(=O)CCC(=O)CCCOC. The Morgan fingerprint density at radius 1 is 0.558 bits per heavy atom. The number of hydrogen-bond acceptors (Lipinski definition) is 13. The zero-order valence-electron chi connectivity index (χ0n) is 31.8. The van der Waals surface area contributed by atoms with Crippen molar-refractivity contribution >= 4 is 35.2 Å². The highest BCUT2D eigenvalue weighted by Crippen LogP contribution is 2.13. The Morgan fingerprint density at radius 2 is 1.10 bits per heavy atom. The minimum Gasteiger partial charge on any atom is -0.385 e. The van der Waals surface area contributed by atoms with Crippen LogP contribution in [-0.2, 0) is 33.5 Å². The van der Waals surface area contributed by atoms with Gasteiger partial charge >= 0.3 is 0 Å². The van der Waals surface area contributed by atoms with Gasteiger partial charge in [0.1, 0.15) is 5.78 Å². The molecule has 0 spiro atoms. The molecule has 0 bridgehead atoms. The van der Waals surface area contributed by atoms with Crippen LogP contribution in [0.1, 0.15) is 77.6 Å². The van der Waals surface area contributed by atoms with Gasteiger partial charge in [0.15, 0.2) is 5.78 Å². The molecule has 0 saturated carbocycles. The number of unbranched alkanes of at least 4 members (excludes halogenated alkanes) is 3. The van der Waals surface area contributed by atoms with E-state index in [9.17, 15) is 28.8 Å². The summed E-state index contributed by atoms with van der Waals surface area (Å²) in [5.74, 6) is -2.52. The second-order valence-corrected chi connectivity index (χ2v) is 12.7. The molecular formula is C35H70N10O7. The third-order valence-electron chi connectivity index (χ3n) is 7.98. The van der Waals surface area contributed by atoms with Gasteiger partial charge in [0.25, 0.3) is 0 Å². The molecular weight excluding hydrogens is 672 g/mol. The first-order chi connectivity index (χ1) is 25.1. The summed E-state index contributed by atoms with van der Waals surface area (Å²) < 4.78 is 4.92. The lowest BCUT2D eigenvalue weighted by Crippen LogP contribution is -2.43. The van der Waals surface area contributed by atoms with Crippen LogP contribution in [-0.4, -0.2) is 140 Å². The zero-order chi connectivity index (χ0) is 38.7. The van der Waals surface area contributed by atoms with E-state index in [-0.39, 0.29) is 61.5 Å². The highest BCUT2D eigenvalue weighted by Gasteiger charge is 2.28. The molecule has 0 fully saturated rings. The van der Waals surface area contributed by atoms with Crippen molar-refractivity contribution in [1.29, 1.82) is 0 Å². The van der Waals surface area contributed by atoms with Gasteiger partial charge in [-0.25, -0.2) is 0 Å². The zero-order valence-corrected chi connectivity index (χ0v) is 31.8. The topological polar surface area (TPSA) is 260 Å². The Hall–Kier alpha value is -3.06. The Bertz CT molecular complexity index is 990. The summed E-state index contributed by atoms with van der Waals surface area (Å²) in [6, 6.07) is -1.10. The van der Waals surface area contributed by atoms with E-state index in [4.69, 9.17) is 16.2 Å². The van der Waals surface area contributed by atoms with E-state index in [0.29, 0.717) is 84.9 Å². The van der Waals surface area contributed by atoms with Gasteiger partial charge in [0.05, 0.1) is 12.0 Å². The largest absolute Gasteiger partial charge is 0.385 e. The number of rotatable bonds is 37. The minimum atomic E-state index is -1.10. The van der Waals surface area contributed by atoms with Crippen LogP contribution in [0, 0.1) is 5.92 Å². The number of ether oxygens (including phenoxy) is 1. The van der Waals surface area contributed by atoms with Crippen LogP contribution in [0.15, 0.2) is 0 Å². The van der Waals surface area contributed by atoms with Crippen molar-refractivity contribution in [3.8, 4) is 0 Å². The molecule has 0 rings (SSSR count). The number of nitrogens with one attached hydrogen (secondary N) is 8. The van der Waals surface area contributed by atoms with Gasteiger partial charge in [-0.05, 0) is 12.8 Å². The molecule has 0 aliphatic rings. The lowest BCUT2D eigenvalue weighted by Gasteiger charge is -2.18. The fourth-order valence-electron chi connectivity index (χ4n) is 4.95. The average Bonchev–Trinajstić information content (AvgIpc) is 3.12. The molecule has 2 atom stereocenters. The van der Waals surface area contributed by atoms with E-state index in [1.54, 1.807) is 7.11 Å². The highest BCUT2D eigenvalue weighted by molar-refractivity contribution is 5.94. The van der Waals surface area contributed by atoms with Crippen LogP contribution in [0.3, 0.4) is 0 Å². The fraction of sp³-hybridized carbons (Fsp3) is 0.829. The highest BCUT2D eigenvalue weighted by atomic mass is 16.5. The Morgan fingerprint density at radius 3 is 1.65 bits per heavy atom. The van der Waals surface area contributed by atoms with Gasteiger partial charge in [-0.3, -0.25) is 28.8 Å². The lowest BCUT2D eigenvalue weighted by molar-refractivity contribution is -0.134. The van der Waals surface area contributed by atoms with Crippen molar-refractivity contribution in [2.45, 2.75) is 83.6 Å². The van der Waals surface area contributed by atoms with Gasteiger partial charge in [-0.1, -0.05) is 26.2 Å². The number of nitrogens with two attached hydrogens (primary N) is 2. The molecule has 0 aliphatic carbocycles. The molecule has 12 N–H and O–H groups in total. The average molecular weight is 743 g/mol. The Balaban J connectivity index is 4.34. The molecule has 302 valence electrons. The van der Waals surface area contributed by atoms with Crippen LogP contribution in [0.5, 0.6) is 0 Å². The van der Waals surface area contributed by atoms with Crippen molar-refractivity contribution in [2.24, 2.45) is 17.4 Å². The molecule has 0 aliphatic heterocycles. The van der Waals surface area contributed by atoms with Crippen molar-refractivity contribution in [1.82, 2.24) is 42.5 Å². The number of carbonyl (C=O) groups excluding carboxylic acids is 6. The summed E-state index contributed by atoms with van der Waals surface area (Å²) in [6.07, 6.45) is 4.80. The van der Waals surface area contributed by atoms with Crippen molar-refractivity contribution in [3.63, 3.8) is 0 Å². The third-order valence-corrected chi connectivity index (χ3v) is 7.98. The second kappa shape index (κ2) is 35.0. The molecule has 0 aromatic rings. The van der Waals surface area contributed by atoms with Crippen LogP contribution in [0.25, 0.3) is 0 Å². The maximum absolute atomic E-state index is 13.0. The number of methoxy groups -OCH3 is 1. The summed E-state index contributed by atoms with van der Waals surface area (Å²) >= 11 is 0. The second-order valence-electron chi connectivity index (χ2n) is 12.7. The maximum atomic E-state index is 13.0. The first-order valence-electron chi connectivity index (χ1n) is 19.0. The molecule has 52 heavy (non-hydrogen) atoms. The smallest absolute Gasteiger partial charge is 0.224 e. The molecule has 0 saturated heterocycles. The number of amides is 4. The molecule has 0 aromatic heterocycles. The number of hydrogen-bond donors (Lipinski definition) is 10. The standard InChI is InChI=1S/C35H70N10O7/c1-3-4-5-6-12-45-35(51)28(26-33(49)43-22-19-39-15-14-38-13-11-36)25-31(47)30(37)27-34(50)44-23-20-41-17-16-40-18-21-42-32(48)10-9-29(46)8-7-24-52-2/h28,30,38-41H,3-27,36-37H2,1-2H3,(H,42,48)(H,43,49)(H,44,50)(H,45,51). The minimum absolute atomic E-state index is 0.0586. The van der Waals surface area contributed by atoms with Gasteiger partial charge in [-0.2, -0.15) is 0 Å². The summed E-state index contributed by atoms with van der Waals surface area (Å²) in [4.78, 5) is 74.6. The van der Waals surface area contributed by atoms with Crippen LogP contribution in [0.2, 0.25) is 0 Å². The molecule has 0 aromatic carbocycles. The fourth-order valence-corrected chi connectivity index (χ4v) is 4.95. The quantitative estimate of drug-likeness (QED) is 0.0304. The van der Waals surface area contributed by atoms with Gasteiger partial charge in [0, 0.05) is 137 Å². The Kier molecular flexibility index (Phi) is 32.9. The van der Waals surface area contributed by atoms with Crippen molar-refractivity contribution in [2.75, 3.05) is 98.8 Å². The predicted octanol–water partition coefficient (Wildman–Crippen LogP) is -2.19. The van der Waals surface area contributed by atoms with Crippen LogP contribution < -0.4 is 54.0 Å². The Labute approximate surface area is 310 Å². The van der Waals surface area contributed by atoms with E-state index in [1.165, 1.54) is 0 Å². The number of carbonyl (C=O) groups is 6. The van der Waals surface area contributed by atoms with E-state index in [0.717, 1.165) is 45.3 Å². The molecule has 4 amide bonds. The molecule has 17 heteroatoms. The summed E-state index contributed by atoms with van der Waals surface area (Å²) in [5.41, 5.74) is 11.5. The van der Waals surface area contributed by atoms with Gasteiger partial charge in [0.2, 0.25) is 23.6 Å². The predicted molar refractivity (Wildman–Crippen MR) is 202 cm³/mol. The lowest BCUT2D eigenvalue weighted by atomic mass is 9.93. The monoisotopic (exact) mass is 743 g/mol. The van der Waals surface area contributed by atoms with E-state index < -0.39 is 17.7 Å². The van der Waals surface area contributed by atoms with Crippen molar-refractivity contribution < 1.29 is 33.5 Å². The summed E-state index contributed by atoms with van der Waals surface area (Å²) in [5, 5.41) is 23.9. The first-order valence-corrected chi connectivity index (χ1v) is 19.0. The summed E-state index contributed by atoms with van der Waals surface area (Å²) in [7, 11) is 1.59. The molecule has 0 radical (unpaired) electrons.